The molecule has 5 nitrogen and oxygen atoms in total. The molecule has 2 amide bonds. The highest BCUT2D eigenvalue weighted by Gasteiger charge is 2.22. The SMILES string of the molecule is Cc1ccc(C(=O)N2CCc3ccccc3C2)cc1NC(=O)c1ncc(F)cc1F. The van der Waals surface area contributed by atoms with Gasteiger partial charge >= 0.3 is 0 Å². The highest BCUT2D eigenvalue weighted by Crippen LogP contribution is 2.23. The lowest BCUT2D eigenvalue weighted by Gasteiger charge is -2.29. The number of hydrogen-bond donors (Lipinski definition) is 1. The normalized spacial score (nSPS) is 13.0. The lowest BCUT2D eigenvalue weighted by atomic mass is 9.99. The van der Waals surface area contributed by atoms with Crippen molar-refractivity contribution in [3.63, 3.8) is 0 Å². The Balaban J connectivity index is 1.54. The zero-order chi connectivity index (χ0) is 21.3. The summed E-state index contributed by atoms with van der Waals surface area (Å²) in [6.07, 6.45) is 1.56. The Labute approximate surface area is 172 Å². The van der Waals surface area contributed by atoms with E-state index in [1.807, 2.05) is 18.2 Å². The maximum atomic E-state index is 13.9. The van der Waals surface area contributed by atoms with Crippen molar-refractivity contribution >= 4 is 17.5 Å². The minimum absolute atomic E-state index is 0.147. The van der Waals surface area contributed by atoms with Crippen molar-refractivity contribution in [2.24, 2.45) is 0 Å². The van der Waals surface area contributed by atoms with Gasteiger partial charge in [-0.2, -0.15) is 0 Å². The zero-order valence-corrected chi connectivity index (χ0v) is 16.3. The van der Waals surface area contributed by atoms with Crippen molar-refractivity contribution in [1.82, 2.24) is 9.88 Å². The molecule has 30 heavy (non-hydrogen) atoms. The second-order valence-electron chi connectivity index (χ2n) is 7.21. The standard InChI is InChI=1S/C23H19F2N3O2/c1-14-6-7-16(23(30)28-9-8-15-4-2-3-5-17(15)13-28)10-20(14)27-22(29)21-19(25)11-18(24)12-26-21/h2-7,10-12H,8-9,13H2,1H3,(H,27,29). The Hall–Kier alpha value is -3.61. The van der Waals surface area contributed by atoms with Gasteiger partial charge in [-0.25, -0.2) is 13.8 Å². The molecule has 3 aromatic rings. The molecule has 0 saturated carbocycles. The molecule has 1 aliphatic rings. The first-order valence-electron chi connectivity index (χ1n) is 9.51. The van der Waals surface area contributed by atoms with E-state index in [4.69, 9.17) is 0 Å². The molecule has 0 aliphatic carbocycles. The zero-order valence-electron chi connectivity index (χ0n) is 16.3. The van der Waals surface area contributed by atoms with Crippen molar-refractivity contribution in [3.05, 3.63) is 94.3 Å². The van der Waals surface area contributed by atoms with Crippen LogP contribution in [0.25, 0.3) is 0 Å². The van der Waals surface area contributed by atoms with Gasteiger partial charge in [-0.05, 0) is 42.2 Å². The summed E-state index contributed by atoms with van der Waals surface area (Å²) in [5.74, 6) is -2.88. The molecule has 0 spiro atoms. The lowest BCUT2D eigenvalue weighted by molar-refractivity contribution is 0.0734. The lowest BCUT2D eigenvalue weighted by Crippen LogP contribution is -2.36. The fourth-order valence-electron chi connectivity index (χ4n) is 3.50. The molecule has 7 heteroatoms. The third kappa shape index (κ3) is 3.91. The molecular weight excluding hydrogens is 388 g/mol. The summed E-state index contributed by atoms with van der Waals surface area (Å²) < 4.78 is 26.9. The summed E-state index contributed by atoms with van der Waals surface area (Å²) in [6, 6.07) is 13.6. The summed E-state index contributed by atoms with van der Waals surface area (Å²) in [4.78, 5) is 30.7. The second-order valence-corrected chi connectivity index (χ2v) is 7.21. The smallest absolute Gasteiger partial charge is 0.277 e. The van der Waals surface area contributed by atoms with E-state index in [-0.39, 0.29) is 5.91 Å². The van der Waals surface area contributed by atoms with Crippen molar-refractivity contribution in [1.29, 1.82) is 0 Å². The van der Waals surface area contributed by atoms with Gasteiger partial charge in [0, 0.05) is 30.4 Å². The molecule has 0 atom stereocenters. The molecule has 4 rings (SSSR count). The minimum Gasteiger partial charge on any atom is -0.334 e. The van der Waals surface area contributed by atoms with E-state index in [0.717, 1.165) is 18.2 Å². The summed E-state index contributed by atoms with van der Waals surface area (Å²) in [5.41, 5.74) is 3.34. The number of carbonyl (C=O) groups is 2. The maximum Gasteiger partial charge on any atom is 0.277 e. The molecular formula is C23H19F2N3O2. The van der Waals surface area contributed by atoms with Crippen LogP contribution in [0.1, 0.15) is 37.5 Å². The quantitative estimate of drug-likeness (QED) is 0.711. The Morgan fingerprint density at radius 1 is 1.07 bits per heavy atom. The van der Waals surface area contributed by atoms with Crippen molar-refractivity contribution in [3.8, 4) is 0 Å². The molecule has 0 bridgehead atoms. The molecule has 1 N–H and O–H groups in total. The predicted molar refractivity (Wildman–Crippen MR) is 108 cm³/mol. The second kappa shape index (κ2) is 8.02. The highest BCUT2D eigenvalue weighted by molar-refractivity contribution is 6.04. The fraction of sp³-hybridized carbons (Fsp3) is 0.174. The number of nitrogens with one attached hydrogen (secondary N) is 1. The van der Waals surface area contributed by atoms with E-state index in [1.54, 1.807) is 30.0 Å². The van der Waals surface area contributed by atoms with Crippen LogP contribution in [0.15, 0.2) is 54.7 Å². The van der Waals surface area contributed by atoms with Crippen molar-refractivity contribution in [2.45, 2.75) is 19.9 Å². The van der Waals surface area contributed by atoms with Crippen LogP contribution >= 0.6 is 0 Å². The number of aromatic nitrogens is 1. The average Bonchev–Trinajstić information content (AvgIpc) is 2.74. The Kier molecular flexibility index (Phi) is 5.27. The van der Waals surface area contributed by atoms with Crippen LogP contribution in [0.4, 0.5) is 14.5 Å². The first-order chi connectivity index (χ1) is 14.4. The first kappa shape index (κ1) is 19.7. The number of pyridine rings is 1. The molecule has 0 saturated heterocycles. The van der Waals surface area contributed by atoms with Gasteiger partial charge in [0.15, 0.2) is 11.5 Å². The van der Waals surface area contributed by atoms with Gasteiger partial charge in [0.05, 0.1) is 6.20 Å². The number of carbonyl (C=O) groups excluding carboxylic acids is 2. The Bertz CT molecular complexity index is 1150. The van der Waals surface area contributed by atoms with E-state index in [2.05, 4.69) is 16.4 Å². The number of anilines is 1. The van der Waals surface area contributed by atoms with Crippen LogP contribution in [-0.2, 0) is 13.0 Å². The molecule has 2 heterocycles. The van der Waals surface area contributed by atoms with Crippen LogP contribution in [0.5, 0.6) is 0 Å². The van der Waals surface area contributed by atoms with Gasteiger partial charge in [0.25, 0.3) is 11.8 Å². The van der Waals surface area contributed by atoms with Gasteiger partial charge < -0.3 is 10.2 Å². The van der Waals surface area contributed by atoms with Crippen molar-refractivity contribution in [2.75, 3.05) is 11.9 Å². The van der Waals surface area contributed by atoms with Gasteiger partial charge in [-0.15, -0.1) is 0 Å². The number of fused-ring (bicyclic) bond motifs is 1. The summed E-state index contributed by atoms with van der Waals surface area (Å²) in [5, 5.41) is 2.57. The number of aryl methyl sites for hydroxylation is 1. The molecule has 1 aliphatic heterocycles. The molecule has 0 fully saturated rings. The Morgan fingerprint density at radius 2 is 1.83 bits per heavy atom. The molecule has 1 aromatic heterocycles. The number of rotatable bonds is 3. The summed E-state index contributed by atoms with van der Waals surface area (Å²) in [6.45, 7) is 2.89. The van der Waals surface area contributed by atoms with E-state index >= 15 is 0 Å². The van der Waals surface area contributed by atoms with Crippen molar-refractivity contribution < 1.29 is 18.4 Å². The van der Waals surface area contributed by atoms with Crippen LogP contribution in [-0.4, -0.2) is 28.2 Å². The van der Waals surface area contributed by atoms with Crippen LogP contribution in [0.3, 0.4) is 0 Å². The van der Waals surface area contributed by atoms with Crippen LogP contribution in [0.2, 0.25) is 0 Å². The topological polar surface area (TPSA) is 62.3 Å². The monoisotopic (exact) mass is 407 g/mol. The van der Waals surface area contributed by atoms with E-state index in [9.17, 15) is 18.4 Å². The molecule has 2 aromatic carbocycles. The molecule has 0 unspecified atom stereocenters. The van der Waals surface area contributed by atoms with E-state index in [1.165, 1.54) is 5.56 Å². The van der Waals surface area contributed by atoms with Crippen LogP contribution < -0.4 is 5.32 Å². The van der Waals surface area contributed by atoms with E-state index in [0.29, 0.717) is 36.0 Å². The highest BCUT2D eigenvalue weighted by atomic mass is 19.1. The molecule has 0 radical (unpaired) electrons. The molecule has 152 valence electrons. The van der Waals surface area contributed by atoms with Gasteiger partial charge in [-0.3, -0.25) is 9.59 Å². The number of amides is 2. The predicted octanol–water partition coefficient (Wildman–Crippen LogP) is 4.12. The fourth-order valence-corrected chi connectivity index (χ4v) is 3.50. The maximum absolute atomic E-state index is 13.9. The van der Waals surface area contributed by atoms with Gasteiger partial charge in [0.1, 0.15) is 5.82 Å². The summed E-state index contributed by atoms with van der Waals surface area (Å²) in [7, 11) is 0. The number of nitrogens with zero attached hydrogens (tertiary/aromatic N) is 2. The largest absolute Gasteiger partial charge is 0.334 e. The minimum atomic E-state index is -1.05. The van der Waals surface area contributed by atoms with Crippen LogP contribution in [0, 0.1) is 18.6 Å². The summed E-state index contributed by atoms with van der Waals surface area (Å²) >= 11 is 0. The van der Waals surface area contributed by atoms with Gasteiger partial charge in [-0.1, -0.05) is 30.3 Å². The number of benzene rings is 2. The Morgan fingerprint density at radius 3 is 2.60 bits per heavy atom. The third-order valence-electron chi connectivity index (χ3n) is 5.17. The third-order valence-corrected chi connectivity index (χ3v) is 5.17. The van der Waals surface area contributed by atoms with E-state index < -0.39 is 23.2 Å². The number of hydrogen-bond acceptors (Lipinski definition) is 3. The average molecular weight is 407 g/mol. The first-order valence-corrected chi connectivity index (χ1v) is 9.51. The van der Waals surface area contributed by atoms with Gasteiger partial charge in [0.2, 0.25) is 0 Å². The number of halogens is 2.